The lowest BCUT2D eigenvalue weighted by Gasteiger charge is -2.49. The molecule has 2 rings (SSSR count). The van der Waals surface area contributed by atoms with Crippen LogP contribution in [0.25, 0.3) is 0 Å². The second kappa shape index (κ2) is 5.43. The van der Waals surface area contributed by atoms with E-state index in [1.54, 1.807) is 13.0 Å². The summed E-state index contributed by atoms with van der Waals surface area (Å²) in [6.45, 7) is 10.3. The zero-order valence-corrected chi connectivity index (χ0v) is 13.9. The van der Waals surface area contributed by atoms with Crippen LogP contribution < -0.4 is 0 Å². The van der Waals surface area contributed by atoms with Crippen molar-refractivity contribution in [3.05, 3.63) is 23.0 Å². The number of rotatable bonds is 2. The SMILES string of the molecule is CCOC(=O)c1cc2c([nH]1)C(C)[N+](C(=O)O)(C(C)(C)C)CC2. The van der Waals surface area contributed by atoms with Gasteiger partial charge in [0, 0.05) is 6.42 Å². The van der Waals surface area contributed by atoms with Crippen molar-refractivity contribution in [2.24, 2.45) is 0 Å². The summed E-state index contributed by atoms with van der Waals surface area (Å²) in [5.74, 6) is -0.395. The van der Waals surface area contributed by atoms with Gasteiger partial charge in [0.15, 0.2) is 0 Å². The Morgan fingerprint density at radius 1 is 1.45 bits per heavy atom. The third kappa shape index (κ3) is 2.31. The van der Waals surface area contributed by atoms with Gasteiger partial charge in [0.1, 0.15) is 17.3 Å². The van der Waals surface area contributed by atoms with Gasteiger partial charge >= 0.3 is 12.1 Å². The van der Waals surface area contributed by atoms with Gasteiger partial charge in [0.2, 0.25) is 0 Å². The molecule has 0 saturated carbocycles. The summed E-state index contributed by atoms with van der Waals surface area (Å²) < 4.78 is 4.96. The minimum Gasteiger partial charge on any atom is -0.461 e. The Morgan fingerprint density at radius 2 is 2.09 bits per heavy atom. The summed E-state index contributed by atoms with van der Waals surface area (Å²) in [7, 11) is 0. The Balaban J connectivity index is 2.47. The molecule has 0 aromatic carbocycles. The fraction of sp³-hybridized carbons (Fsp3) is 0.625. The molecule has 122 valence electrons. The summed E-state index contributed by atoms with van der Waals surface area (Å²) in [6.07, 6.45) is -0.211. The molecule has 0 radical (unpaired) electrons. The molecule has 2 N–H and O–H groups in total. The number of fused-ring (bicyclic) bond motifs is 1. The first kappa shape index (κ1) is 16.5. The van der Waals surface area contributed by atoms with Crippen LogP contribution in [0.15, 0.2) is 6.07 Å². The highest BCUT2D eigenvalue weighted by atomic mass is 16.5. The standard InChI is InChI=1S/C16H24N2O4/c1-6-22-14(19)12-9-11-7-8-18(15(20)21,16(3,4)5)10(2)13(11)17-12/h9-10H,6-8H2,1-5H3,(H-,17,19,20,21)/p+1. The van der Waals surface area contributed by atoms with Crippen LogP contribution in [0.1, 0.15) is 62.4 Å². The van der Waals surface area contributed by atoms with Crippen molar-refractivity contribution < 1.29 is 23.9 Å². The van der Waals surface area contributed by atoms with E-state index in [9.17, 15) is 14.7 Å². The number of H-pyrrole nitrogens is 1. The third-order valence-corrected chi connectivity index (χ3v) is 4.78. The second-order valence-corrected chi connectivity index (χ2v) is 6.81. The Bertz CT molecular complexity index is 600. The van der Waals surface area contributed by atoms with E-state index in [4.69, 9.17) is 4.74 Å². The predicted octanol–water partition coefficient (Wildman–Crippen LogP) is 3.10. The average molecular weight is 309 g/mol. The van der Waals surface area contributed by atoms with Crippen molar-refractivity contribution in [1.82, 2.24) is 4.98 Å². The summed E-state index contributed by atoms with van der Waals surface area (Å²) in [5, 5.41) is 9.89. The predicted molar refractivity (Wildman–Crippen MR) is 81.8 cm³/mol. The molecule has 1 aromatic rings. The minimum atomic E-state index is -0.835. The quantitative estimate of drug-likeness (QED) is 0.650. The lowest BCUT2D eigenvalue weighted by Crippen LogP contribution is -2.66. The summed E-state index contributed by atoms with van der Waals surface area (Å²) in [6, 6.07) is 1.53. The molecule has 22 heavy (non-hydrogen) atoms. The molecular weight excluding hydrogens is 284 g/mol. The van der Waals surface area contributed by atoms with Gasteiger partial charge < -0.3 is 14.8 Å². The monoisotopic (exact) mass is 309 g/mol. The highest BCUT2D eigenvalue weighted by Gasteiger charge is 2.55. The van der Waals surface area contributed by atoms with Crippen molar-refractivity contribution in [2.45, 2.75) is 52.6 Å². The molecule has 1 aliphatic rings. The molecule has 6 nitrogen and oxygen atoms in total. The average Bonchev–Trinajstić information content (AvgIpc) is 2.82. The zero-order chi connectivity index (χ0) is 16.7. The Kier molecular flexibility index (Phi) is 4.08. The van der Waals surface area contributed by atoms with Crippen molar-refractivity contribution >= 4 is 12.1 Å². The van der Waals surface area contributed by atoms with Crippen LogP contribution in [-0.2, 0) is 11.2 Å². The van der Waals surface area contributed by atoms with Gasteiger partial charge in [0.05, 0.1) is 18.8 Å². The van der Waals surface area contributed by atoms with Gasteiger partial charge in [-0.2, -0.15) is 4.79 Å². The Morgan fingerprint density at radius 3 is 2.59 bits per heavy atom. The number of aromatic nitrogens is 1. The van der Waals surface area contributed by atoms with E-state index in [0.29, 0.717) is 25.3 Å². The van der Waals surface area contributed by atoms with Crippen LogP contribution in [0.2, 0.25) is 0 Å². The molecule has 1 aliphatic heterocycles. The molecule has 2 heterocycles. The van der Waals surface area contributed by atoms with E-state index >= 15 is 0 Å². The minimum absolute atomic E-state index is 0.0528. The number of amides is 1. The first-order valence-corrected chi connectivity index (χ1v) is 7.65. The first-order chi connectivity index (χ1) is 10.1. The molecule has 0 spiro atoms. The number of carbonyl (C=O) groups excluding carboxylic acids is 1. The van der Waals surface area contributed by atoms with Crippen LogP contribution in [0.3, 0.4) is 0 Å². The molecular formula is C16H25N2O4+. The zero-order valence-electron chi connectivity index (χ0n) is 13.9. The summed E-state index contributed by atoms with van der Waals surface area (Å²) >= 11 is 0. The van der Waals surface area contributed by atoms with E-state index < -0.39 is 17.6 Å². The lowest BCUT2D eigenvalue weighted by atomic mass is 9.90. The van der Waals surface area contributed by atoms with Crippen molar-refractivity contribution in [1.29, 1.82) is 0 Å². The third-order valence-electron chi connectivity index (χ3n) is 4.78. The van der Waals surface area contributed by atoms with Crippen LogP contribution in [-0.4, -0.2) is 45.3 Å². The number of carbonyl (C=O) groups is 2. The molecule has 2 atom stereocenters. The largest absolute Gasteiger partial charge is 0.514 e. The molecule has 2 unspecified atom stereocenters. The fourth-order valence-electron chi connectivity index (χ4n) is 3.59. The van der Waals surface area contributed by atoms with E-state index in [-0.39, 0.29) is 10.5 Å². The maximum atomic E-state index is 12.1. The van der Waals surface area contributed by atoms with Crippen molar-refractivity contribution in [2.75, 3.05) is 13.2 Å². The number of hydrogen-bond acceptors (Lipinski definition) is 3. The molecule has 0 bridgehead atoms. The number of ether oxygens (including phenoxy) is 1. The molecule has 6 heteroatoms. The maximum Gasteiger partial charge on any atom is 0.514 e. The Labute approximate surface area is 130 Å². The van der Waals surface area contributed by atoms with E-state index in [1.807, 2.05) is 27.7 Å². The van der Waals surface area contributed by atoms with Gasteiger partial charge in [0.25, 0.3) is 0 Å². The highest BCUT2D eigenvalue weighted by Crippen LogP contribution is 2.42. The fourth-order valence-corrected chi connectivity index (χ4v) is 3.59. The van der Waals surface area contributed by atoms with Crippen LogP contribution in [0.5, 0.6) is 0 Å². The van der Waals surface area contributed by atoms with Crippen molar-refractivity contribution in [3.63, 3.8) is 0 Å². The first-order valence-electron chi connectivity index (χ1n) is 7.65. The maximum absolute atomic E-state index is 12.1. The molecule has 1 aromatic heterocycles. The van der Waals surface area contributed by atoms with Gasteiger partial charge in [-0.15, -0.1) is 0 Å². The molecule has 0 saturated heterocycles. The molecule has 0 aliphatic carbocycles. The lowest BCUT2D eigenvalue weighted by molar-refractivity contribution is -0.932. The Hall–Kier alpha value is -1.82. The number of nitrogens with zero attached hydrogens (tertiary/aromatic N) is 1. The van der Waals surface area contributed by atoms with Gasteiger partial charge in [-0.3, -0.25) is 0 Å². The number of carboxylic acid groups (broad SMARTS) is 1. The number of esters is 1. The van der Waals surface area contributed by atoms with E-state index in [2.05, 4.69) is 4.98 Å². The normalized spacial score (nSPS) is 24.7. The number of quaternary nitrogens is 1. The number of hydrogen-bond donors (Lipinski definition) is 2. The van der Waals surface area contributed by atoms with Crippen LogP contribution in [0, 0.1) is 0 Å². The van der Waals surface area contributed by atoms with E-state index in [1.165, 1.54) is 0 Å². The van der Waals surface area contributed by atoms with Gasteiger partial charge in [-0.1, -0.05) is 0 Å². The topological polar surface area (TPSA) is 79.4 Å². The van der Waals surface area contributed by atoms with Gasteiger partial charge in [-0.25, -0.2) is 9.28 Å². The number of aromatic amines is 1. The van der Waals surface area contributed by atoms with Crippen LogP contribution >= 0.6 is 0 Å². The van der Waals surface area contributed by atoms with E-state index in [0.717, 1.165) is 11.3 Å². The second-order valence-electron chi connectivity index (χ2n) is 6.81. The molecule has 0 fully saturated rings. The van der Waals surface area contributed by atoms with Crippen LogP contribution in [0.4, 0.5) is 4.79 Å². The molecule has 1 amide bonds. The highest BCUT2D eigenvalue weighted by molar-refractivity contribution is 5.88. The summed E-state index contributed by atoms with van der Waals surface area (Å²) in [4.78, 5) is 27.0. The van der Waals surface area contributed by atoms with Crippen molar-refractivity contribution in [3.8, 4) is 0 Å². The number of nitrogens with one attached hydrogen (secondary N) is 1. The smallest absolute Gasteiger partial charge is 0.461 e. The summed E-state index contributed by atoms with van der Waals surface area (Å²) in [5.41, 5.74) is 1.79. The van der Waals surface area contributed by atoms with Gasteiger partial charge in [-0.05, 0) is 46.2 Å².